The van der Waals surface area contributed by atoms with Crippen LogP contribution in [-0.2, 0) is 10.0 Å². The van der Waals surface area contributed by atoms with E-state index in [0.29, 0.717) is 17.0 Å². The van der Waals surface area contributed by atoms with E-state index >= 15 is 0 Å². The number of rotatable bonds is 7. The second-order valence-corrected chi connectivity index (χ2v) is 8.47. The second-order valence-electron chi connectivity index (χ2n) is 6.57. The number of nitrogens with one attached hydrogen (secondary N) is 1. The summed E-state index contributed by atoms with van der Waals surface area (Å²) in [6.45, 7) is 6.12. The maximum atomic E-state index is 12.3. The number of benzene rings is 2. The summed E-state index contributed by atoms with van der Waals surface area (Å²) in [7, 11) is -1.92. The average molecular weight is 391 g/mol. The smallest absolute Gasteiger partial charge is 0.251 e. The van der Waals surface area contributed by atoms with Gasteiger partial charge in [-0.3, -0.25) is 9.10 Å². The van der Waals surface area contributed by atoms with Gasteiger partial charge in [0.05, 0.1) is 25.6 Å². The summed E-state index contributed by atoms with van der Waals surface area (Å²) >= 11 is 0. The van der Waals surface area contributed by atoms with Crippen molar-refractivity contribution in [3.63, 3.8) is 0 Å². The molecule has 0 spiro atoms. The Morgan fingerprint density at radius 1 is 1.07 bits per heavy atom. The zero-order chi connectivity index (χ0) is 20.2. The average Bonchev–Trinajstić information content (AvgIpc) is 2.58. The Labute approximate surface area is 161 Å². The number of methoxy groups -OCH3 is 1. The minimum Gasteiger partial charge on any atom is -0.497 e. The molecule has 0 aliphatic rings. The Bertz CT molecular complexity index is 898. The fraction of sp³-hybridized carbons (Fsp3) is 0.350. The summed E-state index contributed by atoms with van der Waals surface area (Å²) in [4.78, 5) is 12.3. The SMILES string of the molecule is COc1ccc(C(=O)NCCN(c2c(C)cc(C)cc2C)S(C)(=O)=O)cc1. The van der Waals surface area contributed by atoms with E-state index in [1.165, 1.54) is 10.6 Å². The molecule has 2 aromatic carbocycles. The maximum absolute atomic E-state index is 12.3. The third-order valence-electron chi connectivity index (χ3n) is 4.24. The number of hydrogen-bond donors (Lipinski definition) is 1. The fourth-order valence-electron chi connectivity index (χ4n) is 3.12. The molecule has 0 atom stereocenters. The minimum atomic E-state index is -3.48. The van der Waals surface area contributed by atoms with Gasteiger partial charge >= 0.3 is 0 Å². The van der Waals surface area contributed by atoms with E-state index in [1.807, 2.05) is 32.9 Å². The normalized spacial score (nSPS) is 11.1. The highest BCUT2D eigenvalue weighted by atomic mass is 32.2. The summed E-state index contributed by atoms with van der Waals surface area (Å²) < 4.78 is 31.1. The van der Waals surface area contributed by atoms with Crippen LogP contribution >= 0.6 is 0 Å². The van der Waals surface area contributed by atoms with Crippen molar-refractivity contribution < 1.29 is 17.9 Å². The molecular weight excluding hydrogens is 364 g/mol. The monoisotopic (exact) mass is 390 g/mol. The van der Waals surface area contributed by atoms with Gasteiger partial charge in [0, 0.05) is 12.1 Å². The van der Waals surface area contributed by atoms with E-state index in [4.69, 9.17) is 4.74 Å². The molecule has 146 valence electrons. The number of carbonyl (C=O) groups is 1. The van der Waals surface area contributed by atoms with Gasteiger partial charge in [-0.15, -0.1) is 0 Å². The van der Waals surface area contributed by atoms with Crippen LogP contribution in [0.4, 0.5) is 5.69 Å². The number of hydrogen-bond acceptors (Lipinski definition) is 4. The van der Waals surface area contributed by atoms with E-state index in [9.17, 15) is 13.2 Å². The van der Waals surface area contributed by atoms with Gasteiger partial charge in [-0.25, -0.2) is 8.42 Å². The van der Waals surface area contributed by atoms with Crippen molar-refractivity contribution >= 4 is 21.6 Å². The van der Waals surface area contributed by atoms with E-state index < -0.39 is 10.0 Å². The molecule has 2 aromatic rings. The van der Waals surface area contributed by atoms with Gasteiger partial charge in [0.2, 0.25) is 10.0 Å². The third-order valence-corrected chi connectivity index (χ3v) is 5.40. The molecule has 0 aromatic heterocycles. The largest absolute Gasteiger partial charge is 0.497 e. The zero-order valence-electron chi connectivity index (χ0n) is 16.4. The highest BCUT2D eigenvalue weighted by Crippen LogP contribution is 2.28. The lowest BCUT2D eigenvalue weighted by molar-refractivity contribution is 0.0955. The van der Waals surface area contributed by atoms with Crippen molar-refractivity contribution in [2.45, 2.75) is 20.8 Å². The molecule has 1 N–H and O–H groups in total. The van der Waals surface area contributed by atoms with Gasteiger partial charge in [-0.05, 0) is 56.2 Å². The lowest BCUT2D eigenvalue weighted by Gasteiger charge is -2.26. The van der Waals surface area contributed by atoms with Crippen LogP contribution in [0.2, 0.25) is 0 Å². The standard InChI is InChI=1S/C20H26N2O4S/c1-14-12-15(2)19(16(3)13-14)22(27(5,24)25)11-10-21-20(23)17-6-8-18(26-4)9-7-17/h6-9,12-13H,10-11H2,1-5H3,(H,21,23). The fourth-order valence-corrected chi connectivity index (χ4v) is 4.17. The highest BCUT2D eigenvalue weighted by Gasteiger charge is 2.21. The van der Waals surface area contributed by atoms with Gasteiger partial charge in [0.1, 0.15) is 5.75 Å². The second kappa shape index (κ2) is 8.43. The first kappa shape index (κ1) is 20.8. The van der Waals surface area contributed by atoms with E-state index in [-0.39, 0.29) is 19.0 Å². The van der Waals surface area contributed by atoms with Crippen molar-refractivity contribution in [3.8, 4) is 5.75 Å². The van der Waals surface area contributed by atoms with Gasteiger partial charge in [-0.2, -0.15) is 0 Å². The van der Waals surface area contributed by atoms with Gasteiger partial charge in [0.25, 0.3) is 5.91 Å². The Morgan fingerprint density at radius 3 is 2.11 bits per heavy atom. The molecule has 1 amide bonds. The van der Waals surface area contributed by atoms with E-state index in [2.05, 4.69) is 5.32 Å². The topological polar surface area (TPSA) is 75.7 Å². The molecule has 0 aliphatic heterocycles. The molecule has 0 saturated carbocycles. The van der Waals surface area contributed by atoms with E-state index in [0.717, 1.165) is 16.7 Å². The van der Waals surface area contributed by atoms with Crippen LogP contribution in [0.25, 0.3) is 0 Å². The summed E-state index contributed by atoms with van der Waals surface area (Å²) in [5.41, 5.74) is 4.01. The molecule has 0 unspecified atom stereocenters. The zero-order valence-corrected chi connectivity index (χ0v) is 17.2. The first-order chi connectivity index (χ1) is 12.6. The predicted molar refractivity (Wildman–Crippen MR) is 108 cm³/mol. The molecule has 2 rings (SSSR count). The van der Waals surface area contributed by atoms with Gasteiger partial charge in [0.15, 0.2) is 0 Å². The van der Waals surface area contributed by atoms with Crippen LogP contribution in [0.15, 0.2) is 36.4 Å². The molecule has 0 heterocycles. The minimum absolute atomic E-state index is 0.158. The van der Waals surface area contributed by atoms with E-state index in [1.54, 1.807) is 31.4 Å². The Kier molecular flexibility index (Phi) is 6.49. The van der Waals surface area contributed by atoms with Crippen LogP contribution in [0.3, 0.4) is 0 Å². The Balaban J connectivity index is 2.13. The summed E-state index contributed by atoms with van der Waals surface area (Å²) in [5, 5.41) is 2.77. The molecule has 0 fully saturated rings. The number of amides is 1. The van der Waals surface area contributed by atoms with Gasteiger partial charge < -0.3 is 10.1 Å². The van der Waals surface area contributed by atoms with Crippen LogP contribution in [0.5, 0.6) is 5.75 Å². The first-order valence-electron chi connectivity index (χ1n) is 8.61. The van der Waals surface area contributed by atoms with Crippen molar-refractivity contribution in [2.75, 3.05) is 30.8 Å². The van der Waals surface area contributed by atoms with Crippen molar-refractivity contribution in [1.82, 2.24) is 5.32 Å². The highest BCUT2D eigenvalue weighted by molar-refractivity contribution is 7.92. The Morgan fingerprint density at radius 2 is 1.63 bits per heavy atom. The molecule has 0 radical (unpaired) electrons. The van der Waals surface area contributed by atoms with Crippen molar-refractivity contribution in [2.24, 2.45) is 0 Å². The summed E-state index contributed by atoms with van der Waals surface area (Å²) in [6, 6.07) is 10.6. The van der Waals surface area contributed by atoms with Crippen molar-refractivity contribution in [1.29, 1.82) is 0 Å². The number of anilines is 1. The van der Waals surface area contributed by atoms with Crippen LogP contribution in [0, 0.1) is 20.8 Å². The van der Waals surface area contributed by atoms with Crippen molar-refractivity contribution in [3.05, 3.63) is 58.7 Å². The number of ether oxygens (including phenoxy) is 1. The predicted octanol–water partition coefficient (Wildman–Crippen LogP) is 2.82. The first-order valence-corrected chi connectivity index (χ1v) is 10.5. The Hall–Kier alpha value is -2.54. The van der Waals surface area contributed by atoms with Crippen LogP contribution in [-0.4, -0.2) is 40.8 Å². The molecule has 6 nitrogen and oxygen atoms in total. The lowest BCUT2D eigenvalue weighted by Crippen LogP contribution is -2.39. The molecule has 27 heavy (non-hydrogen) atoms. The summed E-state index contributed by atoms with van der Waals surface area (Å²) in [6.07, 6.45) is 1.18. The quantitative estimate of drug-likeness (QED) is 0.789. The summed E-state index contributed by atoms with van der Waals surface area (Å²) in [5.74, 6) is 0.406. The molecule has 0 bridgehead atoms. The molecule has 0 saturated heterocycles. The van der Waals surface area contributed by atoms with Crippen LogP contribution < -0.4 is 14.4 Å². The molecule has 7 heteroatoms. The van der Waals surface area contributed by atoms with Gasteiger partial charge in [-0.1, -0.05) is 17.7 Å². The number of nitrogens with zero attached hydrogens (tertiary/aromatic N) is 1. The number of aryl methyl sites for hydroxylation is 3. The number of carbonyl (C=O) groups excluding carboxylic acids is 1. The lowest BCUT2D eigenvalue weighted by atomic mass is 10.1. The van der Waals surface area contributed by atoms with Crippen LogP contribution in [0.1, 0.15) is 27.0 Å². The molecular formula is C20H26N2O4S. The maximum Gasteiger partial charge on any atom is 0.251 e. The number of sulfonamides is 1. The molecule has 0 aliphatic carbocycles. The third kappa shape index (κ3) is 5.23.